The van der Waals surface area contributed by atoms with Crippen LogP contribution < -0.4 is 4.90 Å². The molecule has 1 aromatic heterocycles. The second-order valence-corrected chi connectivity index (χ2v) is 15.0. The number of fused-ring (bicyclic) bond motifs is 8. The van der Waals surface area contributed by atoms with E-state index in [4.69, 9.17) is 0 Å². The van der Waals surface area contributed by atoms with Gasteiger partial charge in [-0.05, 0) is 99.1 Å². The maximum Gasteiger partial charge on any atom is 0.0582 e. The maximum atomic E-state index is 2.49. The first-order valence-electron chi connectivity index (χ1n) is 17.7. The topological polar surface area (TPSA) is 8.17 Å². The van der Waals surface area contributed by atoms with Gasteiger partial charge in [0.05, 0.1) is 16.7 Å². The lowest BCUT2D eigenvalue weighted by atomic mass is 9.75. The molecule has 0 N–H and O–H groups in total. The van der Waals surface area contributed by atoms with Crippen LogP contribution in [-0.2, 0) is 10.8 Å². The molecule has 240 valence electrons. The summed E-state index contributed by atoms with van der Waals surface area (Å²) in [5, 5.41) is 2.61. The lowest BCUT2D eigenvalue weighted by Crippen LogP contribution is -2.26. The van der Waals surface area contributed by atoms with Crippen LogP contribution in [0.25, 0.3) is 49.7 Å². The van der Waals surface area contributed by atoms with Gasteiger partial charge in [0.25, 0.3) is 0 Å². The molecule has 2 heteroatoms. The SMILES string of the molecule is CC1(C)c2ccccc2-c2ccc(N(c3ccccc3)c3ccc(-c4ccc5c(c4)c4cccc6c4n5-c4ccccc4C6(C)C)cc3)cc21. The Balaban J connectivity index is 1.08. The zero-order valence-electron chi connectivity index (χ0n) is 28.9. The molecule has 0 saturated heterocycles. The highest BCUT2D eigenvalue weighted by Gasteiger charge is 2.36. The fraction of sp³-hybridized carbons (Fsp3) is 0.125. The molecule has 50 heavy (non-hydrogen) atoms. The number of aromatic nitrogens is 1. The third-order valence-corrected chi connectivity index (χ3v) is 11.6. The van der Waals surface area contributed by atoms with Gasteiger partial charge in [-0.3, -0.25) is 0 Å². The second kappa shape index (κ2) is 10.3. The Hall–Kier alpha value is -5.86. The average molecular weight is 643 g/mol. The Kier molecular flexibility index (Phi) is 6.01. The first kappa shape index (κ1) is 29.1. The number of nitrogens with zero attached hydrogens (tertiary/aromatic N) is 2. The van der Waals surface area contributed by atoms with Crippen molar-refractivity contribution in [2.45, 2.75) is 38.5 Å². The van der Waals surface area contributed by atoms with E-state index in [9.17, 15) is 0 Å². The van der Waals surface area contributed by atoms with Crippen LogP contribution in [0.1, 0.15) is 49.9 Å². The molecule has 2 heterocycles. The molecular formula is C48H38N2. The van der Waals surface area contributed by atoms with Crippen LogP contribution in [0, 0.1) is 0 Å². The Bertz CT molecular complexity index is 2640. The Morgan fingerprint density at radius 2 is 1.04 bits per heavy atom. The van der Waals surface area contributed by atoms with E-state index in [0.717, 1.165) is 11.4 Å². The number of rotatable bonds is 4. The Morgan fingerprint density at radius 3 is 1.86 bits per heavy atom. The zero-order valence-corrected chi connectivity index (χ0v) is 28.9. The Morgan fingerprint density at radius 1 is 0.420 bits per heavy atom. The van der Waals surface area contributed by atoms with Crippen molar-refractivity contribution in [2.24, 2.45) is 0 Å². The largest absolute Gasteiger partial charge is 0.310 e. The maximum absolute atomic E-state index is 2.49. The molecule has 0 saturated carbocycles. The van der Waals surface area contributed by atoms with E-state index < -0.39 is 0 Å². The van der Waals surface area contributed by atoms with Crippen molar-refractivity contribution in [1.82, 2.24) is 4.57 Å². The quantitative estimate of drug-likeness (QED) is 0.185. The predicted octanol–water partition coefficient (Wildman–Crippen LogP) is 12.9. The van der Waals surface area contributed by atoms with Gasteiger partial charge >= 0.3 is 0 Å². The molecule has 0 bridgehead atoms. The first-order chi connectivity index (χ1) is 24.3. The molecule has 0 fully saturated rings. The van der Waals surface area contributed by atoms with Crippen LogP contribution in [0.15, 0.2) is 158 Å². The van der Waals surface area contributed by atoms with Gasteiger partial charge in [0.2, 0.25) is 0 Å². The molecule has 0 radical (unpaired) electrons. The van der Waals surface area contributed by atoms with Crippen molar-refractivity contribution < 1.29 is 0 Å². The van der Waals surface area contributed by atoms with Gasteiger partial charge in [-0.2, -0.15) is 0 Å². The van der Waals surface area contributed by atoms with Gasteiger partial charge in [0.1, 0.15) is 0 Å². The summed E-state index contributed by atoms with van der Waals surface area (Å²) in [6.45, 7) is 9.41. The lowest BCUT2D eigenvalue weighted by Gasteiger charge is -2.34. The predicted molar refractivity (Wildman–Crippen MR) is 211 cm³/mol. The molecule has 7 aromatic carbocycles. The summed E-state index contributed by atoms with van der Waals surface area (Å²) in [6, 6.07) is 58.4. The summed E-state index contributed by atoms with van der Waals surface area (Å²) in [5.41, 5.74) is 17.8. The number of hydrogen-bond donors (Lipinski definition) is 0. The van der Waals surface area contributed by atoms with Gasteiger partial charge in [0, 0.05) is 38.7 Å². The molecule has 8 aromatic rings. The molecule has 2 aliphatic rings. The minimum Gasteiger partial charge on any atom is -0.310 e. The number of para-hydroxylation sites is 3. The van der Waals surface area contributed by atoms with Crippen LogP contribution in [0.5, 0.6) is 0 Å². The van der Waals surface area contributed by atoms with Crippen molar-refractivity contribution in [3.63, 3.8) is 0 Å². The van der Waals surface area contributed by atoms with E-state index >= 15 is 0 Å². The minimum absolute atomic E-state index is 0.0615. The monoisotopic (exact) mass is 642 g/mol. The fourth-order valence-electron chi connectivity index (χ4n) is 9.00. The van der Waals surface area contributed by atoms with Gasteiger partial charge < -0.3 is 9.47 Å². The third-order valence-electron chi connectivity index (χ3n) is 11.6. The molecule has 0 amide bonds. The standard InChI is InChI=1S/C48H38N2/c1-47(2)40-17-9-8-15-36(40)37-27-26-35(30-43(37)47)49(33-13-6-5-7-14-33)34-24-21-31(22-25-34)32-23-28-44-39(29-32)38-16-12-19-42-46(38)50(44)45-20-11-10-18-41(45)48(42,3)4/h5-30H,1-4H3. The summed E-state index contributed by atoms with van der Waals surface area (Å²) >= 11 is 0. The molecule has 1 aliphatic heterocycles. The zero-order chi connectivity index (χ0) is 33.8. The summed E-state index contributed by atoms with van der Waals surface area (Å²) in [4.78, 5) is 2.39. The van der Waals surface area contributed by atoms with Crippen molar-refractivity contribution in [1.29, 1.82) is 0 Å². The molecule has 0 spiro atoms. The minimum atomic E-state index is -0.0671. The third kappa shape index (κ3) is 3.96. The average Bonchev–Trinajstić information content (AvgIpc) is 3.60. The normalized spacial score (nSPS) is 14.7. The highest BCUT2D eigenvalue weighted by Crippen LogP contribution is 2.51. The van der Waals surface area contributed by atoms with Crippen LogP contribution in [-0.4, -0.2) is 4.57 Å². The molecule has 10 rings (SSSR count). The first-order valence-corrected chi connectivity index (χ1v) is 17.7. The van der Waals surface area contributed by atoms with Gasteiger partial charge in [-0.1, -0.05) is 131 Å². The van der Waals surface area contributed by atoms with Gasteiger partial charge in [0.15, 0.2) is 0 Å². The lowest BCUT2D eigenvalue weighted by molar-refractivity contribution is 0.630. The van der Waals surface area contributed by atoms with E-state index in [1.807, 2.05) is 0 Å². The number of anilines is 3. The second-order valence-electron chi connectivity index (χ2n) is 15.0. The highest BCUT2D eigenvalue weighted by molar-refractivity contribution is 6.12. The molecule has 0 unspecified atom stereocenters. The van der Waals surface area contributed by atoms with Crippen LogP contribution in [0.2, 0.25) is 0 Å². The fourth-order valence-corrected chi connectivity index (χ4v) is 9.00. The van der Waals surface area contributed by atoms with E-state index in [0.29, 0.717) is 0 Å². The highest BCUT2D eigenvalue weighted by atomic mass is 15.1. The van der Waals surface area contributed by atoms with Crippen molar-refractivity contribution >= 4 is 38.9 Å². The molecule has 2 nitrogen and oxygen atoms in total. The van der Waals surface area contributed by atoms with E-state index in [1.165, 1.54) is 77.7 Å². The molecule has 0 atom stereocenters. The van der Waals surface area contributed by atoms with Gasteiger partial charge in [-0.25, -0.2) is 0 Å². The molecule has 1 aliphatic carbocycles. The number of hydrogen-bond acceptors (Lipinski definition) is 1. The van der Waals surface area contributed by atoms with Crippen molar-refractivity contribution in [3.05, 3.63) is 180 Å². The summed E-state index contributed by atoms with van der Waals surface area (Å²) < 4.78 is 2.49. The Labute approximate surface area is 293 Å². The summed E-state index contributed by atoms with van der Waals surface area (Å²) in [7, 11) is 0. The van der Waals surface area contributed by atoms with Gasteiger partial charge in [-0.15, -0.1) is 0 Å². The van der Waals surface area contributed by atoms with E-state index in [-0.39, 0.29) is 10.8 Å². The van der Waals surface area contributed by atoms with Crippen LogP contribution >= 0.6 is 0 Å². The molecular weight excluding hydrogens is 605 g/mol. The van der Waals surface area contributed by atoms with Crippen LogP contribution in [0.4, 0.5) is 17.1 Å². The van der Waals surface area contributed by atoms with Crippen molar-refractivity contribution in [2.75, 3.05) is 4.90 Å². The summed E-state index contributed by atoms with van der Waals surface area (Å²) in [5.74, 6) is 0. The number of benzene rings is 7. The van der Waals surface area contributed by atoms with Crippen molar-refractivity contribution in [3.8, 4) is 27.9 Å². The van der Waals surface area contributed by atoms with E-state index in [2.05, 4.69) is 195 Å². The van der Waals surface area contributed by atoms with Crippen LogP contribution in [0.3, 0.4) is 0 Å². The summed E-state index contributed by atoms with van der Waals surface area (Å²) in [6.07, 6.45) is 0. The van der Waals surface area contributed by atoms with E-state index in [1.54, 1.807) is 0 Å². The smallest absolute Gasteiger partial charge is 0.0582 e.